The van der Waals surface area contributed by atoms with E-state index in [9.17, 15) is 9.59 Å². The molecule has 3 nitrogen and oxygen atoms in total. The standard InChI is InChI=1S/C10H8ClNO2/c11-10(14)8-3-1-2-7(12-8)9(13)6-4-5-6/h1-3,6H,4-5H2. The fourth-order valence-electron chi connectivity index (χ4n) is 1.24. The number of hydrogen-bond acceptors (Lipinski definition) is 3. The SMILES string of the molecule is O=C(Cl)c1cccc(C(=O)C2CC2)n1. The van der Waals surface area contributed by atoms with Crippen LogP contribution in [-0.2, 0) is 0 Å². The number of nitrogens with zero attached hydrogens (tertiary/aromatic N) is 1. The maximum Gasteiger partial charge on any atom is 0.270 e. The number of ketones is 1. The third-order valence-electron chi connectivity index (χ3n) is 2.15. The number of carbonyl (C=O) groups is 2. The Morgan fingerprint density at radius 2 is 1.93 bits per heavy atom. The smallest absolute Gasteiger partial charge is 0.270 e. The van der Waals surface area contributed by atoms with Crippen molar-refractivity contribution in [2.24, 2.45) is 5.92 Å². The van der Waals surface area contributed by atoms with Gasteiger partial charge in [0.05, 0.1) is 0 Å². The van der Waals surface area contributed by atoms with Gasteiger partial charge in [-0.05, 0) is 36.6 Å². The molecule has 1 saturated carbocycles. The molecule has 0 atom stereocenters. The van der Waals surface area contributed by atoms with Crippen LogP contribution >= 0.6 is 11.6 Å². The Balaban J connectivity index is 2.29. The molecule has 0 spiro atoms. The van der Waals surface area contributed by atoms with Gasteiger partial charge in [0, 0.05) is 5.92 Å². The quantitative estimate of drug-likeness (QED) is 0.566. The highest BCUT2D eigenvalue weighted by Gasteiger charge is 2.31. The molecular weight excluding hydrogens is 202 g/mol. The Labute approximate surface area is 86.1 Å². The van der Waals surface area contributed by atoms with E-state index in [1.54, 1.807) is 12.1 Å². The van der Waals surface area contributed by atoms with Gasteiger partial charge in [0.15, 0.2) is 5.78 Å². The molecule has 0 N–H and O–H groups in total. The first-order valence-corrected chi connectivity index (χ1v) is 4.77. The van der Waals surface area contributed by atoms with Crippen LogP contribution in [0.15, 0.2) is 18.2 Å². The van der Waals surface area contributed by atoms with Crippen molar-refractivity contribution in [3.05, 3.63) is 29.6 Å². The molecule has 72 valence electrons. The van der Waals surface area contributed by atoms with Gasteiger partial charge in [-0.25, -0.2) is 4.98 Å². The Morgan fingerprint density at radius 1 is 1.29 bits per heavy atom. The van der Waals surface area contributed by atoms with Gasteiger partial charge in [-0.1, -0.05) is 6.07 Å². The van der Waals surface area contributed by atoms with E-state index in [0.717, 1.165) is 12.8 Å². The lowest BCUT2D eigenvalue weighted by atomic mass is 10.2. The summed E-state index contributed by atoms with van der Waals surface area (Å²) in [5.41, 5.74) is 0.483. The van der Waals surface area contributed by atoms with E-state index in [0.29, 0.717) is 5.69 Å². The zero-order valence-corrected chi connectivity index (χ0v) is 8.12. The monoisotopic (exact) mass is 209 g/mol. The molecule has 4 heteroatoms. The van der Waals surface area contributed by atoms with Gasteiger partial charge in [-0.15, -0.1) is 0 Å². The molecule has 2 rings (SSSR count). The van der Waals surface area contributed by atoms with Crippen LogP contribution < -0.4 is 0 Å². The normalized spacial score (nSPS) is 15.2. The van der Waals surface area contributed by atoms with Crippen molar-refractivity contribution in [1.29, 1.82) is 0 Å². The van der Waals surface area contributed by atoms with Crippen molar-refractivity contribution < 1.29 is 9.59 Å². The van der Waals surface area contributed by atoms with Gasteiger partial charge in [0.2, 0.25) is 0 Å². The fraction of sp³-hybridized carbons (Fsp3) is 0.300. The average Bonchev–Trinajstić information content (AvgIpc) is 3.00. The minimum atomic E-state index is -0.629. The number of pyridine rings is 1. The summed E-state index contributed by atoms with van der Waals surface area (Å²) < 4.78 is 0. The fourth-order valence-corrected chi connectivity index (χ4v) is 1.34. The van der Waals surface area contributed by atoms with Crippen LogP contribution in [-0.4, -0.2) is 16.0 Å². The predicted octanol–water partition coefficient (Wildman–Crippen LogP) is 2.05. The molecule has 14 heavy (non-hydrogen) atoms. The van der Waals surface area contributed by atoms with Crippen molar-refractivity contribution in [2.75, 3.05) is 0 Å². The van der Waals surface area contributed by atoms with Crippen molar-refractivity contribution >= 4 is 22.6 Å². The van der Waals surface area contributed by atoms with Gasteiger partial charge >= 0.3 is 0 Å². The minimum Gasteiger partial charge on any atom is -0.292 e. The van der Waals surface area contributed by atoms with E-state index in [2.05, 4.69) is 4.98 Å². The van der Waals surface area contributed by atoms with Crippen LogP contribution in [0.3, 0.4) is 0 Å². The summed E-state index contributed by atoms with van der Waals surface area (Å²) in [6.07, 6.45) is 1.86. The summed E-state index contributed by atoms with van der Waals surface area (Å²) >= 11 is 5.26. The average molecular weight is 210 g/mol. The van der Waals surface area contributed by atoms with Crippen molar-refractivity contribution in [2.45, 2.75) is 12.8 Å². The lowest BCUT2D eigenvalue weighted by molar-refractivity contribution is 0.0962. The molecule has 0 amide bonds. The molecule has 0 radical (unpaired) electrons. The van der Waals surface area contributed by atoms with Crippen molar-refractivity contribution in [3.8, 4) is 0 Å². The lowest BCUT2D eigenvalue weighted by Gasteiger charge is -1.98. The molecule has 1 aliphatic carbocycles. The Hall–Kier alpha value is -1.22. The van der Waals surface area contributed by atoms with Crippen LogP contribution in [0.2, 0.25) is 0 Å². The third kappa shape index (κ3) is 1.82. The Morgan fingerprint density at radius 3 is 2.50 bits per heavy atom. The molecule has 1 aliphatic rings. The molecule has 0 unspecified atom stereocenters. The lowest BCUT2D eigenvalue weighted by Crippen LogP contribution is -2.06. The van der Waals surface area contributed by atoms with Crippen LogP contribution in [0.1, 0.15) is 33.8 Å². The van der Waals surface area contributed by atoms with Gasteiger partial charge in [0.25, 0.3) is 5.24 Å². The second-order valence-corrected chi connectivity index (χ2v) is 3.66. The summed E-state index contributed by atoms with van der Waals surface area (Å²) in [6, 6.07) is 4.74. The highest BCUT2D eigenvalue weighted by Crippen LogP contribution is 2.32. The molecule has 1 aromatic heterocycles. The van der Waals surface area contributed by atoms with Gasteiger partial charge in [0.1, 0.15) is 11.4 Å². The van der Waals surface area contributed by atoms with E-state index in [4.69, 9.17) is 11.6 Å². The second kappa shape index (κ2) is 3.50. The van der Waals surface area contributed by atoms with E-state index in [1.165, 1.54) is 6.07 Å². The molecule has 1 fully saturated rings. The summed E-state index contributed by atoms with van der Waals surface area (Å²) in [7, 11) is 0. The third-order valence-corrected chi connectivity index (χ3v) is 2.34. The van der Waals surface area contributed by atoms with Gasteiger partial charge in [-0.2, -0.15) is 0 Å². The minimum absolute atomic E-state index is 0.0183. The van der Waals surface area contributed by atoms with Crippen molar-refractivity contribution in [1.82, 2.24) is 4.98 Å². The molecular formula is C10H8ClNO2. The second-order valence-electron chi connectivity index (χ2n) is 3.32. The zero-order chi connectivity index (χ0) is 10.1. The van der Waals surface area contributed by atoms with E-state index < -0.39 is 5.24 Å². The molecule has 0 saturated heterocycles. The number of aromatic nitrogens is 1. The number of carbonyl (C=O) groups excluding carboxylic acids is 2. The molecule has 0 aromatic carbocycles. The van der Waals surface area contributed by atoms with E-state index in [1.807, 2.05) is 0 Å². The summed E-state index contributed by atoms with van der Waals surface area (Å²) in [6.45, 7) is 0. The highest BCUT2D eigenvalue weighted by atomic mass is 35.5. The van der Waals surface area contributed by atoms with E-state index in [-0.39, 0.29) is 17.4 Å². The summed E-state index contributed by atoms with van der Waals surface area (Å²) in [5, 5.41) is -0.629. The molecule has 1 heterocycles. The zero-order valence-electron chi connectivity index (χ0n) is 7.37. The van der Waals surface area contributed by atoms with Crippen LogP contribution in [0.5, 0.6) is 0 Å². The molecule has 0 aliphatic heterocycles. The number of halogens is 1. The number of hydrogen-bond donors (Lipinski definition) is 0. The summed E-state index contributed by atoms with van der Waals surface area (Å²) in [4.78, 5) is 26.3. The van der Waals surface area contributed by atoms with Gasteiger partial charge < -0.3 is 0 Å². The number of rotatable bonds is 3. The topological polar surface area (TPSA) is 47.0 Å². The van der Waals surface area contributed by atoms with Crippen LogP contribution in [0.25, 0.3) is 0 Å². The molecule has 0 bridgehead atoms. The van der Waals surface area contributed by atoms with Crippen molar-refractivity contribution in [3.63, 3.8) is 0 Å². The molecule has 1 aromatic rings. The maximum absolute atomic E-state index is 11.6. The predicted molar refractivity (Wildman–Crippen MR) is 51.5 cm³/mol. The Bertz CT molecular complexity index is 399. The Kier molecular flexibility index (Phi) is 2.33. The largest absolute Gasteiger partial charge is 0.292 e. The van der Waals surface area contributed by atoms with Crippen LogP contribution in [0.4, 0.5) is 0 Å². The van der Waals surface area contributed by atoms with Gasteiger partial charge in [-0.3, -0.25) is 9.59 Å². The first-order valence-electron chi connectivity index (χ1n) is 4.39. The number of Topliss-reactive ketones (excluding diaryl/α,β-unsaturated/α-hetero) is 1. The van der Waals surface area contributed by atoms with Crippen LogP contribution in [0, 0.1) is 5.92 Å². The van der Waals surface area contributed by atoms with E-state index >= 15 is 0 Å². The first-order chi connectivity index (χ1) is 6.68. The highest BCUT2D eigenvalue weighted by molar-refractivity contribution is 6.67. The maximum atomic E-state index is 11.6. The summed E-state index contributed by atoms with van der Waals surface area (Å²) in [5.74, 6) is 0.132. The first kappa shape index (κ1) is 9.34.